The first-order valence-electron chi connectivity index (χ1n) is 7.19. The highest BCUT2D eigenvalue weighted by atomic mass is 32.2. The zero-order valence-electron chi connectivity index (χ0n) is 12.5. The molecular weight excluding hydrogens is 330 g/mol. The molecule has 1 unspecified atom stereocenters. The lowest BCUT2D eigenvalue weighted by molar-refractivity contribution is -0.144. The molecule has 1 amide bonds. The molecule has 1 aromatic carbocycles. The van der Waals surface area contributed by atoms with E-state index in [9.17, 15) is 19.5 Å². The lowest BCUT2D eigenvalue weighted by atomic mass is 10.0. The van der Waals surface area contributed by atoms with Crippen LogP contribution in [0.25, 0.3) is 0 Å². The number of hydrogen-bond donors (Lipinski definition) is 1. The molecule has 0 bridgehead atoms. The molecule has 1 fully saturated rings. The third kappa shape index (κ3) is 2.79. The van der Waals surface area contributed by atoms with E-state index in [1.807, 2.05) is 36.4 Å². The van der Waals surface area contributed by atoms with E-state index in [0.717, 1.165) is 9.90 Å². The van der Waals surface area contributed by atoms with Crippen molar-refractivity contribution in [2.75, 3.05) is 18.8 Å². The molecule has 0 saturated carbocycles. The van der Waals surface area contributed by atoms with E-state index in [0.29, 0.717) is 0 Å². The van der Waals surface area contributed by atoms with Gasteiger partial charge in [-0.2, -0.15) is 5.26 Å². The van der Waals surface area contributed by atoms with Crippen LogP contribution >= 0.6 is 11.8 Å². The average Bonchev–Trinajstić information content (AvgIpc) is 3.10. The first-order valence-corrected chi connectivity index (χ1v) is 8.17. The van der Waals surface area contributed by atoms with Crippen LogP contribution in [0.5, 0.6) is 0 Å². The molecule has 0 spiro atoms. The standard InChI is InChI=1S/C16H13N3O4S/c17-6-10-7-18-8-12(15(21)19(18)14(10)16(22)23)13(20)9-24-11-4-2-1-3-5-11/h1-5,12H,7-9H2,(H,22,23). The van der Waals surface area contributed by atoms with Crippen LogP contribution in [0.1, 0.15) is 0 Å². The molecule has 122 valence electrons. The fourth-order valence-corrected chi connectivity index (χ4v) is 3.61. The highest BCUT2D eigenvalue weighted by Gasteiger charge is 2.49. The van der Waals surface area contributed by atoms with Crippen LogP contribution in [0, 0.1) is 17.2 Å². The summed E-state index contributed by atoms with van der Waals surface area (Å²) in [6.45, 7) is 0.147. The van der Waals surface area contributed by atoms with Gasteiger partial charge in [-0.15, -0.1) is 11.8 Å². The van der Waals surface area contributed by atoms with E-state index in [1.165, 1.54) is 16.8 Å². The van der Waals surface area contributed by atoms with Crippen molar-refractivity contribution >= 4 is 29.4 Å². The Labute approximate surface area is 142 Å². The Morgan fingerprint density at radius 1 is 1.33 bits per heavy atom. The zero-order valence-corrected chi connectivity index (χ0v) is 13.3. The number of Topliss-reactive ketones (excluding diaryl/α,β-unsaturated/α-hetero) is 1. The Bertz CT molecular complexity index is 784. The number of aliphatic carboxylic acids is 1. The molecule has 2 aliphatic heterocycles. The number of hydrogen-bond acceptors (Lipinski definition) is 6. The van der Waals surface area contributed by atoms with Gasteiger partial charge in [-0.1, -0.05) is 18.2 Å². The average molecular weight is 343 g/mol. The van der Waals surface area contributed by atoms with E-state index in [-0.39, 0.29) is 35.9 Å². The molecule has 1 saturated heterocycles. The fourth-order valence-electron chi connectivity index (χ4n) is 2.75. The Kier molecular flexibility index (Phi) is 4.38. The maximum atomic E-state index is 12.5. The minimum Gasteiger partial charge on any atom is -0.476 e. The summed E-state index contributed by atoms with van der Waals surface area (Å²) >= 11 is 1.34. The van der Waals surface area contributed by atoms with Gasteiger partial charge in [0.2, 0.25) is 0 Å². The molecule has 2 heterocycles. The number of carbonyl (C=O) groups is 3. The third-order valence-electron chi connectivity index (χ3n) is 3.87. The second-order valence-corrected chi connectivity index (χ2v) is 6.41. The Hall–Kier alpha value is -2.63. The number of nitriles is 1. The predicted octanol–water partition coefficient (Wildman–Crippen LogP) is 0.899. The fraction of sp³-hybridized carbons (Fsp3) is 0.250. The van der Waals surface area contributed by atoms with Gasteiger partial charge in [0, 0.05) is 11.4 Å². The van der Waals surface area contributed by atoms with E-state index < -0.39 is 17.8 Å². The van der Waals surface area contributed by atoms with Crippen LogP contribution < -0.4 is 0 Å². The zero-order chi connectivity index (χ0) is 17.3. The second-order valence-electron chi connectivity index (χ2n) is 5.36. The van der Waals surface area contributed by atoms with Gasteiger partial charge in [-0.25, -0.2) is 14.8 Å². The van der Waals surface area contributed by atoms with Crippen molar-refractivity contribution < 1.29 is 19.5 Å². The van der Waals surface area contributed by atoms with Crippen molar-refractivity contribution in [3.05, 3.63) is 41.6 Å². The van der Waals surface area contributed by atoms with Gasteiger partial charge in [0.15, 0.2) is 11.5 Å². The highest BCUT2D eigenvalue weighted by molar-refractivity contribution is 8.00. The molecule has 1 N–H and O–H groups in total. The number of hydrazine groups is 1. The van der Waals surface area contributed by atoms with Gasteiger partial charge in [0.1, 0.15) is 5.92 Å². The van der Waals surface area contributed by atoms with Crippen molar-refractivity contribution in [1.82, 2.24) is 10.0 Å². The summed E-state index contributed by atoms with van der Waals surface area (Å²) in [7, 11) is 0. The third-order valence-corrected chi connectivity index (χ3v) is 4.91. The molecule has 0 aromatic heterocycles. The van der Waals surface area contributed by atoms with Crippen LogP contribution in [0.4, 0.5) is 0 Å². The number of rotatable bonds is 5. The van der Waals surface area contributed by atoms with Crippen LogP contribution in [-0.4, -0.2) is 51.6 Å². The Morgan fingerprint density at radius 2 is 2.04 bits per heavy atom. The molecule has 0 radical (unpaired) electrons. The lowest BCUT2D eigenvalue weighted by Crippen LogP contribution is -2.36. The number of carboxylic acids is 1. The Balaban J connectivity index is 1.71. The number of fused-ring (bicyclic) bond motifs is 1. The molecule has 8 heteroatoms. The maximum Gasteiger partial charge on any atom is 0.355 e. The number of benzene rings is 1. The van der Waals surface area contributed by atoms with E-state index in [4.69, 9.17) is 5.26 Å². The summed E-state index contributed by atoms with van der Waals surface area (Å²) in [4.78, 5) is 37.1. The molecular formula is C16H13N3O4S. The van der Waals surface area contributed by atoms with Gasteiger partial charge in [0.25, 0.3) is 5.91 Å². The SMILES string of the molecule is N#CC1=C(C(=O)O)N2C(=O)C(C(=O)CSc3ccccc3)CN2C1. The van der Waals surface area contributed by atoms with Crippen LogP contribution in [0.15, 0.2) is 46.5 Å². The van der Waals surface area contributed by atoms with Crippen LogP contribution in [0.3, 0.4) is 0 Å². The number of carboxylic acid groups (broad SMARTS) is 1. The van der Waals surface area contributed by atoms with E-state index in [1.54, 1.807) is 0 Å². The monoisotopic (exact) mass is 343 g/mol. The first-order chi connectivity index (χ1) is 11.5. The number of carbonyl (C=O) groups excluding carboxylic acids is 2. The molecule has 7 nitrogen and oxygen atoms in total. The predicted molar refractivity (Wildman–Crippen MR) is 84.4 cm³/mol. The quantitative estimate of drug-likeness (QED) is 0.626. The molecule has 1 atom stereocenters. The van der Waals surface area contributed by atoms with E-state index >= 15 is 0 Å². The number of nitrogens with zero attached hydrogens (tertiary/aromatic N) is 3. The Morgan fingerprint density at radius 3 is 2.67 bits per heavy atom. The minimum absolute atomic E-state index is 0.0282. The van der Waals surface area contributed by atoms with Gasteiger partial charge >= 0.3 is 5.97 Å². The molecule has 2 aliphatic rings. The summed E-state index contributed by atoms with van der Waals surface area (Å²) in [6.07, 6.45) is 0. The maximum absolute atomic E-state index is 12.5. The number of ketones is 1. The van der Waals surface area contributed by atoms with Crippen molar-refractivity contribution in [2.45, 2.75) is 4.90 Å². The van der Waals surface area contributed by atoms with Gasteiger partial charge in [-0.3, -0.25) is 9.59 Å². The van der Waals surface area contributed by atoms with Gasteiger partial charge < -0.3 is 5.11 Å². The summed E-state index contributed by atoms with van der Waals surface area (Å²) in [5.41, 5.74) is -0.311. The topological polar surface area (TPSA) is 102 Å². The van der Waals surface area contributed by atoms with Crippen LogP contribution in [-0.2, 0) is 14.4 Å². The summed E-state index contributed by atoms with van der Waals surface area (Å²) in [5.74, 6) is -2.91. The smallest absolute Gasteiger partial charge is 0.355 e. The summed E-state index contributed by atoms with van der Waals surface area (Å²) in [5, 5.41) is 20.7. The highest BCUT2D eigenvalue weighted by Crippen LogP contribution is 2.32. The van der Waals surface area contributed by atoms with Crippen molar-refractivity contribution in [3.63, 3.8) is 0 Å². The van der Waals surface area contributed by atoms with Crippen molar-refractivity contribution in [2.24, 2.45) is 5.92 Å². The van der Waals surface area contributed by atoms with Gasteiger partial charge in [0.05, 0.1) is 23.9 Å². The molecule has 3 rings (SSSR count). The summed E-state index contributed by atoms with van der Waals surface area (Å²) < 4.78 is 0. The normalized spacial score (nSPS) is 20.2. The lowest BCUT2D eigenvalue weighted by Gasteiger charge is -2.19. The second kappa shape index (κ2) is 6.47. The van der Waals surface area contributed by atoms with Crippen molar-refractivity contribution in [3.8, 4) is 6.07 Å². The number of thioether (sulfide) groups is 1. The largest absolute Gasteiger partial charge is 0.476 e. The molecule has 0 aliphatic carbocycles. The van der Waals surface area contributed by atoms with Crippen LogP contribution in [0.2, 0.25) is 0 Å². The summed E-state index contributed by atoms with van der Waals surface area (Å²) in [6, 6.07) is 11.2. The first kappa shape index (κ1) is 16.2. The van der Waals surface area contributed by atoms with Crippen molar-refractivity contribution in [1.29, 1.82) is 5.26 Å². The van der Waals surface area contributed by atoms with E-state index in [2.05, 4.69) is 0 Å². The number of amides is 1. The molecule has 24 heavy (non-hydrogen) atoms. The van der Waals surface area contributed by atoms with Gasteiger partial charge in [-0.05, 0) is 12.1 Å². The molecule has 1 aromatic rings. The minimum atomic E-state index is -1.34.